The van der Waals surface area contributed by atoms with Crippen molar-refractivity contribution in [2.24, 2.45) is 5.41 Å². The van der Waals surface area contributed by atoms with Gasteiger partial charge in [-0.25, -0.2) is 0 Å². The van der Waals surface area contributed by atoms with E-state index in [-0.39, 0.29) is 23.1 Å². The van der Waals surface area contributed by atoms with Gasteiger partial charge in [-0.2, -0.15) is 0 Å². The van der Waals surface area contributed by atoms with E-state index in [9.17, 15) is 0 Å². The van der Waals surface area contributed by atoms with Gasteiger partial charge in [0.2, 0.25) is 0 Å². The molecule has 0 bridgehead atoms. The number of rotatable bonds is 6. The van der Waals surface area contributed by atoms with E-state index in [0.717, 1.165) is 17.7 Å². The standard InChI is InChI=1S/C17H26N.C10H12O.2ClH.Ru/c1-12(2)13-9-7-8-10-14(13)15-16(3,4)11-17(5,6)18-15;1-8(2)11-10-7-5-4-6-9(10)3;;;/h7-10,12,15H,11H2,1-6H3;3-8H,1-2H3;2*1H;/q-1;;;;+3/p-2. The summed E-state index contributed by atoms with van der Waals surface area (Å²) in [5, 5.41) is 0. The van der Waals surface area contributed by atoms with Gasteiger partial charge in [-0.05, 0) is 0 Å². The maximum atomic E-state index is 7.42. The SMILES string of the molecule is CC(C)Oc1ccccc1[CH]=[Ru]([Cl])([Cl])[N]1C(c2ccccc2C(C)C)C(C)(C)CC1(C)C. The molecule has 0 radical (unpaired) electrons. The minimum atomic E-state index is -3.46. The van der Waals surface area contributed by atoms with Crippen molar-refractivity contribution in [1.29, 1.82) is 0 Å². The van der Waals surface area contributed by atoms with Crippen LogP contribution in [0.15, 0.2) is 48.5 Å². The third-order valence-electron chi connectivity index (χ3n) is 6.07. The van der Waals surface area contributed by atoms with Gasteiger partial charge >= 0.3 is 207 Å². The van der Waals surface area contributed by atoms with E-state index in [1.54, 1.807) is 0 Å². The van der Waals surface area contributed by atoms with Crippen molar-refractivity contribution in [3.8, 4) is 5.75 Å². The predicted octanol–water partition coefficient (Wildman–Crippen LogP) is 8.38. The Bertz CT molecular complexity index is 1010. The van der Waals surface area contributed by atoms with Crippen LogP contribution in [0, 0.1) is 5.41 Å². The summed E-state index contributed by atoms with van der Waals surface area (Å²) in [6.07, 6.45) is 1.11. The van der Waals surface area contributed by atoms with E-state index in [4.69, 9.17) is 24.1 Å². The molecule has 5 heteroatoms. The summed E-state index contributed by atoms with van der Waals surface area (Å²) in [6, 6.07) is 17.0. The Balaban J connectivity index is 2.20. The molecule has 0 N–H and O–H groups in total. The first-order chi connectivity index (χ1) is 14.8. The number of ether oxygens (including phenoxy) is 1. The average molecular weight is 565 g/mol. The predicted molar refractivity (Wildman–Crippen MR) is 137 cm³/mol. The molecule has 179 valence electrons. The first-order valence-corrected chi connectivity index (χ1v) is 17.6. The molecule has 1 atom stereocenters. The number of benzene rings is 2. The van der Waals surface area contributed by atoms with Crippen LogP contribution >= 0.6 is 19.4 Å². The van der Waals surface area contributed by atoms with E-state index < -0.39 is 12.6 Å². The normalized spacial score (nSPS) is 21.2. The second kappa shape index (κ2) is 9.49. The quantitative estimate of drug-likeness (QED) is 0.327. The molecule has 1 heterocycles. The molecule has 2 nitrogen and oxygen atoms in total. The van der Waals surface area contributed by atoms with E-state index in [0.29, 0.717) is 5.92 Å². The van der Waals surface area contributed by atoms with E-state index in [1.807, 2.05) is 32.0 Å². The zero-order valence-electron chi connectivity index (χ0n) is 20.6. The molecule has 0 aliphatic carbocycles. The third kappa shape index (κ3) is 5.33. The number of nitrogens with zero attached hydrogens (tertiary/aromatic N) is 1. The number of hydrogen-bond donors (Lipinski definition) is 0. The van der Waals surface area contributed by atoms with Crippen molar-refractivity contribution < 1.29 is 17.3 Å². The van der Waals surface area contributed by atoms with Gasteiger partial charge < -0.3 is 0 Å². The summed E-state index contributed by atoms with van der Waals surface area (Å²) in [7, 11) is 14.8. The summed E-state index contributed by atoms with van der Waals surface area (Å²) in [6.45, 7) is 17.9. The molecular weight excluding hydrogens is 526 g/mol. The first-order valence-electron chi connectivity index (χ1n) is 11.4. The molecule has 1 aliphatic rings. The Morgan fingerprint density at radius 2 is 1.56 bits per heavy atom. The van der Waals surface area contributed by atoms with Crippen LogP contribution in [-0.2, 0) is 12.6 Å². The Kier molecular flexibility index (Phi) is 7.68. The average Bonchev–Trinajstić information content (AvgIpc) is 2.86. The second-order valence-electron chi connectivity index (χ2n) is 10.7. The van der Waals surface area contributed by atoms with E-state index in [2.05, 4.69) is 80.1 Å². The van der Waals surface area contributed by atoms with Crippen LogP contribution in [-0.4, -0.2) is 19.9 Å². The van der Waals surface area contributed by atoms with Crippen molar-refractivity contribution in [1.82, 2.24) is 3.64 Å². The monoisotopic (exact) mass is 564 g/mol. The van der Waals surface area contributed by atoms with Gasteiger partial charge in [0.15, 0.2) is 0 Å². The fraction of sp³-hybridized carbons (Fsp3) is 0.519. The number of para-hydroxylation sites is 1. The van der Waals surface area contributed by atoms with Crippen LogP contribution in [0.5, 0.6) is 5.75 Å². The minimum absolute atomic E-state index is 0.0339. The van der Waals surface area contributed by atoms with Crippen molar-refractivity contribution in [2.75, 3.05) is 0 Å². The van der Waals surface area contributed by atoms with Crippen LogP contribution in [0.2, 0.25) is 0 Å². The zero-order chi connectivity index (χ0) is 23.9. The maximum absolute atomic E-state index is 7.42. The number of halogens is 2. The topological polar surface area (TPSA) is 12.5 Å². The van der Waals surface area contributed by atoms with Gasteiger partial charge in [0.25, 0.3) is 0 Å². The zero-order valence-corrected chi connectivity index (χ0v) is 23.9. The first kappa shape index (κ1) is 25.9. The Morgan fingerprint density at radius 3 is 2.19 bits per heavy atom. The van der Waals surface area contributed by atoms with Gasteiger partial charge in [0.1, 0.15) is 0 Å². The molecule has 1 fully saturated rings. The second-order valence-corrected chi connectivity index (χ2v) is 19.7. The fourth-order valence-electron chi connectivity index (χ4n) is 5.27. The molecule has 2 aromatic carbocycles. The van der Waals surface area contributed by atoms with Crippen LogP contribution in [0.25, 0.3) is 0 Å². The summed E-state index contributed by atoms with van der Waals surface area (Å²) < 4.78 is 10.7. The van der Waals surface area contributed by atoms with E-state index >= 15 is 0 Å². The molecule has 0 amide bonds. The van der Waals surface area contributed by atoms with Gasteiger partial charge in [-0.3, -0.25) is 0 Å². The molecule has 1 aliphatic heterocycles. The van der Waals surface area contributed by atoms with Crippen molar-refractivity contribution >= 4 is 24.0 Å². The van der Waals surface area contributed by atoms with E-state index in [1.165, 1.54) is 11.1 Å². The molecule has 0 spiro atoms. The van der Waals surface area contributed by atoms with Crippen molar-refractivity contribution in [3.63, 3.8) is 0 Å². The van der Waals surface area contributed by atoms with Crippen LogP contribution in [0.1, 0.15) is 90.5 Å². The van der Waals surface area contributed by atoms with Crippen molar-refractivity contribution in [2.45, 2.75) is 85.4 Å². The Morgan fingerprint density at radius 1 is 0.969 bits per heavy atom. The molecular formula is C27H38Cl2NORu. The summed E-state index contributed by atoms with van der Waals surface area (Å²) >= 11 is -3.46. The summed E-state index contributed by atoms with van der Waals surface area (Å²) in [4.78, 5) is 0. The van der Waals surface area contributed by atoms with Crippen molar-refractivity contribution in [3.05, 3.63) is 65.2 Å². The Labute approximate surface area is 205 Å². The Hall–Kier alpha value is -0.727. The molecule has 3 rings (SSSR count). The van der Waals surface area contributed by atoms with Gasteiger partial charge in [-0.15, -0.1) is 0 Å². The summed E-state index contributed by atoms with van der Waals surface area (Å²) in [5.41, 5.74) is 3.61. The summed E-state index contributed by atoms with van der Waals surface area (Å²) in [5.74, 6) is 1.27. The molecule has 1 saturated heterocycles. The molecule has 0 saturated carbocycles. The van der Waals surface area contributed by atoms with Gasteiger partial charge in [0, 0.05) is 0 Å². The third-order valence-corrected chi connectivity index (χ3v) is 12.3. The van der Waals surface area contributed by atoms with Crippen LogP contribution < -0.4 is 4.74 Å². The molecule has 1 unspecified atom stereocenters. The molecule has 32 heavy (non-hydrogen) atoms. The number of hydrogen-bond acceptors (Lipinski definition) is 2. The molecule has 0 aromatic heterocycles. The van der Waals surface area contributed by atoms with Gasteiger partial charge in [-0.1, -0.05) is 0 Å². The fourth-order valence-corrected chi connectivity index (χ4v) is 13.3. The van der Waals surface area contributed by atoms with Crippen LogP contribution in [0.4, 0.5) is 0 Å². The van der Waals surface area contributed by atoms with Crippen LogP contribution in [0.3, 0.4) is 0 Å². The molecule has 2 aromatic rings. The van der Waals surface area contributed by atoms with Gasteiger partial charge in [0.05, 0.1) is 0 Å².